The van der Waals surface area contributed by atoms with Crippen molar-refractivity contribution in [1.82, 2.24) is 5.32 Å². The summed E-state index contributed by atoms with van der Waals surface area (Å²) in [7, 11) is 0. The predicted octanol–water partition coefficient (Wildman–Crippen LogP) is 4.54. The van der Waals surface area contributed by atoms with Gasteiger partial charge in [0.05, 0.1) is 0 Å². The zero-order valence-corrected chi connectivity index (χ0v) is 12.3. The van der Waals surface area contributed by atoms with Gasteiger partial charge in [-0.25, -0.2) is 0 Å². The topological polar surface area (TPSA) is 21.3 Å². The van der Waals surface area contributed by atoms with Gasteiger partial charge in [-0.05, 0) is 60.0 Å². The first-order valence-corrected chi connectivity index (χ1v) is 7.48. The summed E-state index contributed by atoms with van der Waals surface area (Å²) in [6.45, 7) is 2.80. The van der Waals surface area contributed by atoms with Crippen LogP contribution in [0.2, 0.25) is 0 Å². The average Bonchev–Trinajstić information content (AvgIpc) is 2.91. The molecular weight excluding hydrogens is 299 g/mol. The summed E-state index contributed by atoms with van der Waals surface area (Å²) in [5, 5.41) is 7.49. The van der Waals surface area contributed by atoms with Crippen molar-refractivity contribution in [2.45, 2.75) is 25.7 Å². The zero-order chi connectivity index (χ0) is 15.3. The van der Waals surface area contributed by atoms with Crippen LogP contribution in [0, 0.1) is 0 Å². The van der Waals surface area contributed by atoms with Gasteiger partial charge in [-0.2, -0.15) is 11.3 Å². The van der Waals surface area contributed by atoms with Crippen molar-refractivity contribution in [3.63, 3.8) is 0 Å². The highest BCUT2D eigenvalue weighted by molar-refractivity contribution is 7.07. The minimum Gasteiger partial charge on any atom is -0.406 e. The number of thiophene rings is 1. The lowest BCUT2D eigenvalue weighted by Crippen LogP contribution is -2.21. The third-order valence-corrected chi connectivity index (χ3v) is 3.79. The Kier molecular flexibility index (Phi) is 5.25. The van der Waals surface area contributed by atoms with E-state index in [2.05, 4.69) is 21.5 Å². The van der Waals surface area contributed by atoms with Crippen LogP contribution in [0.5, 0.6) is 5.75 Å². The number of ether oxygens (including phenoxy) is 1. The van der Waals surface area contributed by atoms with Crippen LogP contribution in [0.4, 0.5) is 13.2 Å². The number of benzene rings is 1. The van der Waals surface area contributed by atoms with E-state index in [0.29, 0.717) is 0 Å². The largest absolute Gasteiger partial charge is 0.573 e. The fourth-order valence-electron chi connectivity index (χ4n) is 1.94. The second kappa shape index (κ2) is 6.95. The van der Waals surface area contributed by atoms with Crippen LogP contribution < -0.4 is 10.1 Å². The van der Waals surface area contributed by atoms with E-state index in [-0.39, 0.29) is 11.8 Å². The van der Waals surface area contributed by atoms with E-state index >= 15 is 0 Å². The van der Waals surface area contributed by atoms with Crippen LogP contribution >= 0.6 is 11.3 Å². The van der Waals surface area contributed by atoms with E-state index < -0.39 is 6.36 Å². The number of hydrogen-bond acceptors (Lipinski definition) is 3. The molecule has 0 saturated carbocycles. The van der Waals surface area contributed by atoms with Crippen molar-refractivity contribution in [1.29, 1.82) is 0 Å². The predicted molar refractivity (Wildman–Crippen MR) is 77.6 cm³/mol. The minimum absolute atomic E-state index is 0.0728. The van der Waals surface area contributed by atoms with E-state index in [9.17, 15) is 13.2 Å². The maximum Gasteiger partial charge on any atom is 0.573 e. The SMILES string of the molecule is CC(NCCc1ccsc1)c1ccc(OC(F)(F)F)cc1. The molecule has 1 atom stereocenters. The summed E-state index contributed by atoms with van der Waals surface area (Å²) in [4.78, 5) is 0. The first-order chi connectivity index (χ1) is 9.94. The van der Waals surface area contributed by atoms with Gasteiger partial charge in [-0.3, -0.25) is 0 Å². The molecule has 0 fully saturated rings. The Morgan fingerprint density at radius 2 is 1.90 bits per heavy atom. The highest BCUT2D eigenvalue weighted by Crippen LogP contribution is 2.24. The van der Waals surface area contributed by atoms with E-state index in [0.717, 1.165) is 18.5 Å². The fourth-order valence-corrected chi connectivity index (χ4v) is 2.65. The van der Waals surface area contributed by atoms with Gasteiger partial charge >= 0.3 is 6.36 Å². The van der Waals surface area contributed by atoms with Crippen molar-refractivity contribution in [3.8, 4) is 5.75 Å². The maximum absolute atomic E-state index is 12.1. The second-order valence-corrected chi connectivity index (χ2v) is 5.45. The lowest BCUT2D eigenvalue weighted by Gasteiger charge is -2.15. The lowest BCUT2D eigenvalue weighted by molar-refractivity contribution is -0.274. The minimum atomic E-state index is -4.65. The third-order valence-electron chi connectivity index (χ3n) is 3.06. The molecule has 114 valence electrons. The molecule has 0 spiro atoms. The number of alkyl halides is 3. The first kappa shape index (κ1) is 15.9. The molecule has 1 aromatic heterocycles. The Balaban J connectivity index is 1.83. The van der Waals surface area contributed by atoms with Gasteiger partial charge < -0.3 is 10.1 Å². The van der Waals surface area contributed by atoms with Crippen molar-refractivity contribution in [2.24, 2.45) is 0 Å². The van der Waals surface area contributed by atoms with Crippen LogP contribution in [0.1, 0.15) is 24.1 Å². The van der Waals surface area contributed by atoms with Crippen molar-refractivity contribution >= 4 is 11.3 Å². The van der Waals surface area contributed by atoms with Crippen LogP contribution in [0.3, 0.4) is 0 Å². The molecule has 1 N–H and O–H groups in total. The number of hydrogen-bond donors (Lipinski definition) is 1. The van der Waals surface area contributed by atoms with Crippen molar-refractivity contribution in [3.05, 3.63) is 52.2 Å². The second-order valence-electron chi connectivity index (χ2n) is 4.67. The van der Waals surface area contributed by atoms with Crippen LogP contribution in [0.15, 0.2) is 41.1 Å². The Hall–Kier alpha value is -1.53. The number of halogens is 3. The van der Waals surface area contributed by atoms with E-state index in [4.69, 9.17) is 0 Å². The summed E-state index contributed by atoms with van der Waals surface area (Å²) >= 11 is 1.67. The monoisotopic (exact) mass is 315 g/mol. The molecule has 2 aromatic rings. The summed E-state index contributed by atoms with van der Waals surface area (Å²) in [6, 6.07) is 8.11. The normalized spacial score (nSPS) is 13.1. The Morgan fingerprint density at radius 1 is 1.19 bits per heavy atom. The van der Waals surface area contributed by atoms with Gasteiger partial charge in [-0.1, -0.05) is 12.1 Å². The standard InChI is InChI=1S/C15H16F3NOS/c1-11(19-8-6-12-7-9-21-10-12)13-2-4-14(5-3-13)20-15(16,17)18/h2-5,7,9-11,19H,6,8H2,1H3. The van der Waals surface area contributed by atoms with E-state index in [1.807, 2.05) is 12.3 Å². The molecule has 0 aliphatic rings. The van der Waals surface area contributed by atoms with Gasteiger partial charge in [-0.15, -0.1) is 13.2 Å². The third kappa shape index (κ3) is 5.40. The maximum atomic E-state index is 12.1. The molecule has 0 radical (unpaired) electrons. The number of nitrogens with one attached hydrogen (secondary N) is 1. The van der Waals surface area contributed by atoms with Gasteiger partial charge in [0.2, 0.25) is 0 Å². The van der Waals surface area contributed by atoms with Crippen molar-refractivity contribution < 1.29 is 17.9 Å². The summed E-state index contributed by atoms with van der Waals surface area (Å²) in [6.07, 6.45) is -3.71. The molecule has 0 saturated heterocycles. The molecule has 0 aliphatic carbocycles. The van der Waals surface area contributed by atoms with Crippen molar-refractivity contribution in [2.75, 3.05) is 6.54 Å². The van der Waals surface area contributed by atoms with Gasteiger partial charge in [0.25, 0.3) is 0 Å². The zero-order valence-electron chi connectivity index (χ0n) is 11.5. The first-order valence-electron chi connectivity index (χ1n) is 6.54. The molecule has 0 aliphatic heterocycles. The summed E-state index contributed by atoms with van der Waals surface area (Å²) in [5.74, 6) is -0.197. The molecule has 21 heavy (non-hydrogen) atoms. The molecular formula is C15H16F3NOS. The van der Waals surface area contributed by atoms with E-state index in [1.165, 1.54) is 17.7 Å². The molecule has 0 bridgehead atoms. The van der Waals surface area contributed by atoms with Crippen LogP contribution in [-0.2, 0) is 6.42 Å². The molecule has 2 rings (SSSR count). The average molecular weight is 315 g/mol. The molecule has 2 nitrogen and oxygen atoms in total. The Bertz CT molecular complexity index is 537. The van der Waals surface area contributed by atoms with Crippen LogP contribution in [0.25, 0.3) is 0 Å². The summed E-state index contributed by atoms with van der Waals surface area (Å²) in [5.41, 5.74) is 2.21. The molecule has 1 unspecified atom stereocenters. The number of rotatable bonds is 6. The molecule has 1 heterocycles. The fraction of sp³-hybridized carbons (Fsp3) is 0.333. The smallest absolute Gasteiger partial charge is 0.406 e. The highest BCUT2D eigenvalue weighted by atomic mass is 32.1. The van der Waals surface area contributed by atoms with Gasteiger partial charge in [0.15, 0.2) is 0 Å². The van der Waals surface area contributed by atoms with Gasteiger partial charge in [0, 0.05) is 6.04 Å². The quantitative estimate of drug-likeness (QED) is 0.845. The van der Waals surface area contributed by atoms with Gasteiger partial charge in [0.1, 0.15) is 5.75 Å². The Labute approximate surface area is 125 Å². The van der Waals surface area contributed by atoms with E-state index in [1.54, 1.807) is 23.5 Å². The lowest BCUT2D eigenvalue weighted by atomic mass is 10.1. The molecule has 0 amide bonds. The molecule has 1 aromatic carbocycles. The summed E-state index contributed by atoms with van der Waals surface area (Å²) < 4.78 is 40.1. The molecule has 6 heteroatoms. The van der Waals surface area contributed by atoms with Crippen LogP contribution in [-0.4, -0.2) is 12.9 Å². The Morgan fingerprint density at radius 3 is 2.48 bits per heavy atom. The highest BCUT2D eigenvalue weighted by Gasteiger charge is 2.30.